The fourth-order valence-electron chi connectivity index (χ4n) is 2.02. The van der Waals surface area contributed by atoms with Crippen molar-refractivity contribution in [3.8, 4) is 11.3 Å². The Morgan fingerprint density at radius 2 is 2.05 bits per heavy atom. The first kappa shape index (κ1) is 14.3. The van der Waals surface area contributed by atoms with Crippen LogP contribution >= 0.6 is 0 Å². The lowest BCUT2D eigenvalue weighted by Gasteiger charge is -2.01. The van der Waals surface area contributed by atoms with E-state index in [0.29, 0.717) is 5.82 Å². The summed E-state index contributed by atoms with van der Waals surface area (Å²) in [6.07, 6.45) is 2.24. The number of rotatable bonds is 6. The lowest BCUT2D eigenvalue weighted by Crippen LogP contribution is -2.25. The van der Waals surface area contributed by atoms with Gasteiger partial charge in [-0.1, -0.05) is 37.6 Å². The number of nitrogens with one attached hydrogen (secondary N) is 3. The van der Waals surface area contributed by atoms with Gasteiger partial charge in [0.2, 0.25) is 5.91 Å². The minimum Gasteiger partial charge on any atom is -0.311 e. The molecule has 0 spiro atoms. The number of hydrogen-bond donors (Lipinski definition) is 3. The third-order valence-corrected chi connectivity index (χ3v) is 2.99. The van der Waals surface area contributed by atoms with Crippen LogP contribution in [-0.2, 0) is 11.2 Å². The first-order valence-electron chi connectivity index (χ1n) is 6.82. The first-order chi connectivity index (χ1) is 9.72. The van der Waals surface area contributed by atoms with Crippen LogP contribution in [0.5, 0.6) is 0 Å². The molecular formula is C15H20N4O. The summed E-state index contributed by atoms with van der Waals surface area (Å²) in [5.41, 5.74) is 3.29. The summed E-state index contributed by atoms with van der Waals surface area (Å²) < 4.78 is 0. The predicted molar refractivity (Wildman–Crippen MR) is 80.6 cm³/mol. The maximum atomic E-state index is 11.4. The number of likely N-dealkylation sites (N-methyl/N-ethyl adjacent to an activating group) is 1. The van der Waals surface area contributed by atoms with Crippen LogP contribution in [0.25, 0.3) is 11.3 Å². The highest BCUT2D eigenvalue weighted by Crippen LogP contribution is 2.20. The summed E-state index contributed by atoms with van der Waals surface area (Å²) in [7, 11) is 1.73. The molecule has 0 saturated heterocycles. The number of aromatic amines is 1. The summed E-state index contributed by atoms with van der Waals surface area (Å²) in [4.78, 5) is 11.4. The van der Waals surface area contributed by atoms with Gasteiger partial charge in [0.15, 0.2) is 5.82 Å². The van der Waals surface area contributed by atoms with Crippen LogP contribution in [0, 0.1) is 0 Å². The number of carbonyl (C=O) groups excluding carboxylic acids is 1. The van der Waals surface area contributed by atoms with E-state index >= 15 is 0 Å². The van der Waals surface area contributed by atoms with Crippen molar-refractivity contribution < 1.29 is 4.79 Å². The number of H-pyrrole nitrogens is 1. The second-order valence-corrected chi connectivity index (χ2v) is 4.69. The molecule has 1 heterocycles. The summed E-state index contributed by atoms with van der Waals surface area (Å²) >= 11 is 0. The van der Waals surface area contributed by atoms with Gasteiger partial charge < -0.3 is 10.6 Å². The van der Waals surface area contributed by atoms with Gasteiger partial charge in [0, 0.05) is 6.07 Å². The summed E-state index contributed by atoms with van der Waals surface area (Å²) in [6.45, 7) is 2.44. The monoisotopic (exact) mass is 272 g/mol. The second kappa shape index (κ2) is 6.86. The zero-order valence-corrected chi connectivity index (χ0v) is 11.9. The summed E-state index contributed by atoms with van der Waals surface area (Å²) in [5, 5.41) is 12.5. The molecule has 0 fully saturated rings. The molecule has 1 amide bonds. The standard InChI is InChI=1S/C15H20N4O/c1-3-4-11-5-7-12(8-6-11)13-9-14(19-18-13)17-15(20)10-16-2/h5-9,16H,3-4,10H2,1-2H3,(H2,17,18,19,20). The van der Waals surface area contributed by atoms with Crippen LogP contribution in [-0.4, -0.2) is 29.7 Å². The number of anilines is 1. The van der Waals surface area contributed by atoms with Crippen LogP contribution in [0.2, 0.25) is 0 Å². The van der Waals surface area contributed by atoms with E-state index in [9.17, 15) is 4.79 Å². The summed E-state index contributed by atoms with van der Waals surface area (Å²) in [5.74, 6) is 0.432. The quantitative estimate of drug-likeness (QED) is 0.755. The average molecular weight is 272 g/mol. The molecule has 0 aliphatic carbocycles. The third-order valence-electron chi connectivity index (χ3n) is 2.99. The molecule has 0 unspecified atom stereocenters. The largest absolute Gasteiger partial charge is 0.311 e. The number of carbonyl (C=O) groups is 1. The molecule has 5 nitrogen and oxygen atoms in total. The molecular weight excluding hydrogens is 252 g/mol. The van der Waals surface area contributed by atoms with Crippen molar-refractivity contribution in [2.24, 2.45) is 0 Å². The Morgan fingerprint density at radius 3 is 2.70 bits per heavy atom. The molecule has 1 aromatic carbocycles. The number of benzene rings is 1. The molecule has 20 heavy (non-hydrogen) atoms. The Labute approximate surface area is 118 Å². The molecule has 0 bridgehead atoms. The van der Waals surface area contributed by atoms with E-state index in [1.54, 1.807) is 7.05 Å². The van der Waals surface area contributed by atoms with Crippen molar-refractivity contribution in [1.29, 1.82) is 0 Å². The maximum Gasteiger partial charge on any atom is 0.239 e. The van der Waals surface area contributed by atoms with E-state index in [-0.39, 0.29) is 12.5 Å². The van der Waals surface area contributed by atoms with Crippen LogP contribution in [0.4, 0.5) is 5.82 Å². The van der Waals surface area contributed by atoms with Gasteiger partial charge in [-0.2, -0.15) is 5.10 Å². The van der Waals surface area contributed by atoms with Crippen molar-refractivity contribution in [2.45, 2.75) is 19.8 Å². The topological polar surface area (TPSA) is 69.8 Å². The fraction of sp³-hybridized carbons (Fsp3) is 0.333. The fourth-order valence-corrected chi connectivity index (χ4v) is 2.02. The Morgan fingerprint density at radius 1 is 1.30 bits per heavy atom. The van der Waals surface area contributed by atoms with Gasteiger partial charge in [-0.15, -0.1) is 0 Å². The van der Waals surface area contributed by atoms with Crippen LogP contribution in [0.1, 0.15) is 18.9 Å². The second-order valence-electron chi connectivity index (χ2n) is 4.69. The smallest absolute Gasteiger partial charge is 0.239 e. The predicted octanol–water partition coefficient (Wildman–Crippen LogP) is 2.19. The van der Waals surface area contributed by atoms with E-state index in [1.807, 2.05) is 6.07 Å². The molecule has 5 heteroatoms. The Bertz CT molecular complexity index is 560. The first-order valence-corrected chi connectivity index (χ1v) is 6.82. The average Bonchev–Trinajstić information content (AvgIpc) is 2.88. The van der Waals surface area contributed by atoms with Crippen molar-refractivity contribution in [1.82, 2.24) is 15.5 Å². The van der Waals surface area contributed by atoms with Crippen LogP contribution in [0.15, 0.2) is 30.3 Å². The zero-order chi connectivity index (χ0) is 14.4. The van der Waals surface area contributed by atoms with E-state index in [1.165, 1.54) is 5.56 Å². The molecule has 0 aliphatic heterocycles. The normalized spacial score (nSPS) is 10.5. The lowest BCUT2D eigenvalue weighted by atomic mass is 10.1. The number of amides is 1. The molecule has 0 saturated carbocycles. The molecule has 2 rings (SSSR count). The minimum absolute atomic E-state index is 0.108. The van der Waals surface area contributed by atoms with E-state index in [2.05, 4.69) is 52.0 Å². The molecule has 2 aromatic rings. The number of hydrogen-bond acceptors (Lipinski definition) is 3. The van der Waals surface area contributed by atoms with Gasteiger partial charge >= 0.3 is 0 Å². The van der Waals surface area contributed by atoms with E-state index in [0.717, 1.165) is 24.1 Å². The van der Waals surface area contributed by atoms with Crippen LogP contribution < -0.4 is 10.6 Å². The highest BCUT2D eigenvalue weighted by Gasteiger charge is 2.06. The van der Waals surface area contributed by atoms with E-state index < -0.39 is 0 Å². The molecule has 106 valence electrons. The van der Waals surface area contributed by atoms with Crippen molar-refractivity contribution in [2.75, 3.05) is 18.9 Å². The van der Waals surface area contributed by atoms with Crippen molar-refractivity contribution in [3.63, 3.8) is 0 Å². The number of aromatic nitrogens is 2. The van der Waals surface area contributed by atoms with Gasteiger partial charge in [-0.05, 0) is 24.6 Å². The molecule has 1 aromatic heterocycles. The van der Waals surface area contributed by atoms with Crippen molar-refractivity contribution in [3.05, 3.63) is 35.9 Å². The lowest BCUT2D eigenvalue weighted by molar-refractivity contribution is -0.115. The molecule has 3 N–H and O–H groups in total. The van der Waals surface area contributed by atoms with Gasteiger partial charge in [-0.3, -0.25) is 9.89 Å². The van der Waals surface area contributed by atoms with Gasteiger partial charge in [0.05, 0.1) is 12.2 Å². The van der Waals surface area contributed by atoms with Crippen LogP contribution in [0.3, 0.4) is 0 Å². The van der Waals surface area contributed by atoms with Gasteiger partial charge in [-0.25, -0.2) is 0 Å². The Hall–Kier alpha value is -2.14. The van der Waals surface area contributed by atoms with E-state index in [4.69, 9.17) is 0 Å². The molecule has 0 aliphatic rings. The molecule has 0 radical (unpaired) electrons. The number of nitrogens with zero attached hydrogens (tertiary/aromatic N) is 1. The Kier molecular flexibility index (Phi) is 4.90. The zero-order valence-electron chi connectivity index (χ0n) is 11.9. The third kappa shape index (κ3) is 3.68. The summed E-state index contributed by atoms with van der Waals surface area (Å²) in [6, 6.07) is 10.2. The SMILES string of the molecule is CCCc1ccc(-c2cc(NC(=O)CNC)n[nH]2)cc1. The highest BCUT2D eigenvalue weighted by molar-refractivity contribution is 5.91. The number of aryl methyl sites for hydroxylation is 1. The minimum atomic E-state index is -0.108. The maximum absolute atomic E-state index is 11.4. The van der Waals surface area contributed by atoms with Gasteiger partial charge in [0.25, 0.3) is 0 Å². The Balaban J connectivity index is 2.06. The molecule has 0 atom stereocenters. The van der Waals surface area contributed by atoms with Crippen molar-refractivity contribution >= 4 is 11.7 Å². The highest BCUT2D eigenvalue weighted by atomic mass is 16.2. The van der Waals surface area contributed by atoms with Gasteiger partial charge in [0.1, 0.15) is 0 Å².